The van der Waals surface area contributed by atoms with Gasteiger partial charge in [-0.15, -0.1) is 0 Å². The molecule has 142 valence electrons. The molecule has 1 aliphatic heterocycles. The zero-order chi connectivity index (χ0) is 18.7. The lowest BCUT2D eigenvalue weighted by molar-refractivity contribution is 0.0902. The molecule has 0 saturated carbocycles. The van der Waals surface area contributed by atoms with Crippen molar-refractivity contribution in [3.05, 3.63) is 41.1 Å². The Bertz CT molecular complexity index is 741. The maximum Gasteiger partial charge on any atom is 0.287 e. The quantitative estimate of drug-likeness (QED) is 0.862. The van der Waals surface area contributed by atoms with Crippen LogP contribution in [-0.2, 0) is 13.1 Å². The Morgan fingerprint density at radius 2 is 2.08 bits per heavy atom. The highest BCUT2D eigenvalue weighted by Gasteiger charge is 2.19. The molecular formula is C20H30N4O2. The van der Waals surface area contributed by atoms with E-state index in [0.717, 1.165) is 42.7 Å². The van der Waals surface area contributed by atoms with Gasteiger partial charge < -0.3 is 9.73 Å². The zero-order valence-corrected chi connectivity index (χ0v) is 16.3. The number of rotatable bonds is 6. The van der Waals surface area contributed by atoms with E-state index in [0.29, 0.717) is 12.3 Å². The Morgan fingerprint density at radius 1 is 1.35 bits per heavy atom. The first kappa shape index (κ1) is 18.7. The van der Waals surface area contributed by atoms with Gasteiger partial charge >= 0.3 is 0 Å². The third kappa shape index (κ3) is 4.75. The SMILES string of the molecule is Cc1cc(C)n(CC(C)NC(=O)c2ccc(CN3CCC(C)CC3)o2)n1. The van der Waals surface area contributed by atoms with Crippen molar-refractivity contribution >= 4 is 5.91 Å². The van der Waals surface area contributed by atoms with Gasteiger partial charge in [0, 0.05) is 11.7 Å². The standard InChI is InChI=1S/C20H30N4O2/c1-14-7-9-23(10-8-14)13-18-5-6-19(26-18)20(25)21-16(3)12-24-17(4)11-15(2)22-24/h5-6,11,14,16H,7-10,12-13H2,1-4H3,(H,21,25). The molecule has 0 aliphatic carbocycles. The van der Waals surface area contributed by atoms with Crippen LogP contribution in [0.5, 0.6) is 0 Å². The van der Waals surface area contributed by atoms with E-state index in [1.54, 1.807) is 6.07 Å². The lowest BCUT2D eigenvalue weighted by Gasteiger charge is -2.29. The first-order valence-electron chi connectivity index (χ1n) is 9.53. The van der Waals surface area contributed by atoms with E-state index < -0.39 is 0 Å². The molecule has 6 nitrogen and oxygen atoms in total. The van der Waals surface area contributed by atoms with Crippen LogP contribution in [0.3, 0.4) is 0 Å². The summed E-state index contributed by atoms with van der Waals surface area (Å²) in [5.74, 6) is 1.88. The highest BCUT2D eigenvalue weighted by molar-refractivity contribution is 5.91. The number of nitrogens with one attached hydrogen (secondary N) is 1. The molecule has 0 spiro atoms. The number of amides is 1. The molecule has 0 bridgehead atoms. The predicted molar refractivity (Wildman–Crippen MR) is 101 cm³/mol. The number of furan rings is 1. The second kappa shape index (κ2) is 8.08. The monoisotopic (exact) mass is 358 g/mol. The van der Waals surface area contributed by atoms with Crippen LogP contribution in [0.25, 0.3) is 0 Å². The summed E-state index contributed by atoms with van der Waals surface area (Å²) < 4.78 is 7.70. The fourth-order valence-electron chi connectivity index (χ4n) is 3.49. The molecule has 1 unspecified atom stereocenters. The molecule has 1 aliphatic rings. The van der Waals surface area contributed by atoms with Crippen LogP contribution >= 0.6 is 0 Å². The van der Waals surface area contributed by atoms with Crippen molar-refractivity contribution in [1.29, 1.82) is 0 Å². The molecule has 1 saturated heterocycles. The van der Waals surface area contributed by atoms with E-state index >= 15 is 0 Å². The topological polar surface area (TPSA) is 63.3 Å². The van der Waals surface area contributed by atoms with Crippen molar-refractivity contribution < 1.29 is 9.21 Å². The number of hydrogen-bond donors (Lipinski definition) is 1. The van der Waals surface area contributed by atoms with Gasteiger partial charge in [0.1, 0.15) is 5.76 Å². The zero-order valence-electron chi connectivity index (χ0n) is 16.3. The van der Waals surface area contributed by atoms with Gasteiger partial charge in [0.15, 0.2) is 5.76 Å². The lowest BCUT2D eigenvalue weighted by atomic mass is 9.99. The number of hydrogen-bond acceptors (Lipinski definition) is 4. The number of carbonyl (C=O) groups is 1. The fraction of sp³-hybridized carbons (Fsp3) is 0.600. The van der Waals surface area contributed by atoms with Crippen molar-refractivity contribution in [2.75, 3.05) is 13.1 Å². The molecule has 0 aromatic carbocycles. The van der Waals surface area contributed by atoms with Crippen molar-refractivity contribution in [3.8, 4) is 0 Å². The average molecular weight is 358 g/mol. The van der Waals surface area contributed by atoms with Gasteiger partial charge in [-0.25, -0.2) is 0 Å². The lowest BCUT2D eigenvalue weighted by Crippen LogP contribution is -2.36. The van der Waals surface area contributed by atoms with Crippen molar-refractivity contribution in [1.82, 2.24) is 20.0 Å². The van der Waals surface area contributed by atoms with E-state index in [1.165, 1.54) is 12.8 Å². The Morgan fingerprint density at radius 3 is 2.73 bits per heavy atom. The van der Waals surface area contributed by atoms with Crippen LogP contribution in [0.15, 0.2) is 22.6 Å². The molecule has 0 radical (unpaired) electrons. The van der Waals surface area contributed by atoms with Gasteiger partial charge in [-0.3, -0.25) is 14.4 Å². The first-order valence-corrected chi connectivity index (χ1v) is 9.53. The highest BCUT2D eigenvalue weighted by Crippen LogP contribution is 2.19. The summed E-state index contributed by atoms with van der Waals surface area (Å²) in [6, 6.07) is 5.69. The van der Waals surface area contributed by atoms with Gasteiger partial charge in [-0.2, -0.15) is 5.10 Å². The van der Waals surface area contributed by atoms with Crippen LogP contribution in [0.2, 0.25) is 0 Å². The number of piperidine rings is 1. The largest absolute Gasteiger partial charge is 0.455 e. The summed E-state index contributed by atoms with van der Waals surface area (Å²) in [5.41, 5.74) is 2.09. The second-order valence-corrected chi connectivity index (χ2v) is 7.71. The number of aromatic nitrogens is 2. The molecular weight excluding hydrogens is 328 g/mol. The number of aryl methyl sites for hydroxylation is 2. The van der Waals surface area contributed by atoms with Crippen LogP contribution in [0.1, 0.15) is 54.4 Å². The third-order valence-corrected chi connectivity index (χ3v) is 5.07. The van der Waals surface area contributed by atoms with Gasteiger partial charge in [-0.1, -0.05) is 6.92 Å². The minimum Gasteiger partial charge on any atom is -0.455 e. The number of nitrogens with zero attached hydrogens (tertiary/aromatic N) is 3. The van der Waals surface area contributed by atoms with Crippen LogP contribution in [0.4, 0.5) is 0 Å². The van der Waals surface area contributed by atoms with Crippen molar-refractivity contribution in [3.63, 3.8) is 0 Å². The fourth-order valence-corrected chi connectivity index (χ4v) is 3.49. The highest BCUT2D eigenvalue weighted by atomic mass is 16.4. The summed E-state index contributed by atoms with van der Waals surface area (Å²) in [7, 11) is 0. The summed E-state index contributed by atoms with van der Waals surface area (Å²) >= 11 is 0. The Labute approximate surface area is 155 Å². The molecule has 2 aromatic heterocycles. The van der Waals surface area contributed by atoms with Crippen molar-refractivity contribution in [2.45, 2.75) is 59.7 Å². The van der Waals surface area contributed by atoms with E-state index in [2.05, 4.69) is 22.2 Å². The molecule has 1 fully saturated rings. The van der Waals surface area contributed by atoms with E-state index in [4.69, 9.17) is 4.42 Å². The smallest absolute Gasteiger partial charge is 0.287 e. The van der Waals surface area contributed by atoms with Crippen molar-refractivity contribution in [2.24, 2.45) is 5.92 Å². The van der Waals surface area contributed by atoms with Gasteiger partial charge in [0.25, 0.3) is 5.91 Å². The second-order valence-electron chi connectivity index (χ2n) is 7.71. The molecule has 26 heavy (non-hydrogen) atoms. The molecule has 1 N–H and O–H groups in total. The number of carbonyl (C=O) groups excluding carboxylic acids is 1. The van der Waals surface area contributed by atoms with E-state index in [9.17, 15) is 4.79 Å². The van der Waals surface area contributed by atoms with Crippen LogP contribution in [-0.4, -0.2) is 39.7 Å². The molecule has 1 atom stereocenters. The summed E-state index contributed by atoms with van der Waals surface area (Å²) in [6.07, 6.45) is 2.47. The summed E-state index contributed by atoms with van der Waals surface area (Å²) in [6.45, 7) is 11.9. The number of likely N-dealkylation sites (tertiary alicyclic amines) is 1. The van der Waals surface area contributed by atoms with E-state index in [-0.39, 0.29) is 11.9 Å². The summed E-state index contributed by atoms with van der Waals surface area (Å²) in [5, 5.41) is 7.44. The molecule has 6 heteroatoms. The normalized spacial score (nSPS) is 17.4. The maximum absolute atomic E-state index is 12.4. The average Bonchev–Trinajstić information content (AvgIpc) is 3.16. The van der Waals surface area contributed by atoms with Gasteiger partial charge in [-0.05, 0) is 70.8 Å². The molecule has 3 rings (SSSR count). The predicted octanol–water partition coefficient (Wildman–Crippen LogP) is 3.14. The summed E-state index contributed by atoms with van der Waals surface area (Å²) in [4.78, 5) is 14.8. The van der Waals surface area contributed by atoms with Crippen LogP contribution in [0, 0.1) is 19.8 Å². The minimum absolute atomic E-state index is 0.0300. The Hall–Kier alpha value is -2.08. The maximum atomic E-state index is 12.4. The minimum atomic E-state index is -0.169. The van der Waals surface area contributed by atoms with E-state index in [1.807, 2.05) is 37.6 Å². The molecule has 2 aromatic rings. The first-order chi connectivity index (χ1) is 12.4. The third-order valence-electron chi connectivity index (χ3n) is 5.07. The molecule has 3 heterocycles. The Kier molecular flexibility index (Phi) is 5.81. The van der Waals surface area contributed by atoms with Gasteiger partial charge in [0.05, 0.1) is 18.8 Å². The Balaban J connectivity index is 1.51. The molecule has 1 amide bonds. The van der Waals surface area contributed by atoms with Gasteiger partial charge in [0.2, 0.25) is 0 Å². The van der Waals surface area contributed by atoms with Crippen LogP contribution < -0.4 is 5.32 Å².